The summed E-state index contributed by atoms with van der Waals surface area (Å²) in [6.45, 7) is 0. The van der Waals surface area contributed by atoms with Gasteiger partial charge in [0.15, 0.2) is 0 Å². The highest BCUT2D eigenvalue weighted by atomic mass is 19.4. The third-order valence-electron chi connectivity index (χ3n) is 4.05. The number of alkyl halides is 3. The summed E-state index contributed by atoms with van der Waals surface area (Å²) in [6, 6.07) is 13.0. The average Bonchev–Trinajstić information content (AvgIpc) is 2.72. The minimum absolute atomic E-state index is 0.265. The van der Waals surface area contributed by atoms with Crippen LogP contribution in [-0.2, 0) is 6.18 Å². The lowest BCUT2D eigenvalue weighted by Crippen LogP contribution is -2.07. The number of pyridine rings is 1. The van der Waals surface area contributed by atoms with E-state index in [2.05, 4.69) is 16.8 Å². The second kappa shape index (κ2) is 7.95. The first-order chi connectivity index (χ1) is 13.8. The van der Waals surface area contributed by atoms with Gasteiger partial charge in [-0.05, 0) is 42.5 Å². The number of phenols is 1. The first-order valence-corrected chi connectivity index (χ1v) is 8.28. The maximum absolute atomic E-state index is 13.2. The van der Waals surface area contributed by atoms with E-state index in [1.165, 1.54) is 19.4 Å². The Morgan fingerprint density at radius 2 is 1.72 bits per heavy atom. The van der Waals surface area contributed by atoms with Gasteiger partial charge in [-0.2, -0.15) is 18.4 Å². The summed E-state index contributed by atoms with van der Waals surface area (Å²) in [6.07, 6.45) is -3.13. The zero-order chi connectivity index (χ0) is 21.0. The normalized spacial score (nSPS) is 10.6. The number of ether oxygens (including phenoxy) is 1. The lowest BCUT2D eigenvalue weighted by molar-refractivity contribution is -0.137. The molecule has 0 saturated carbocycles. The predicted octanol–water partition coefficient (Wildman–Crippen LogP) is 4.75. The van der Waals surface area contributed by atoms with Crippen molar-refractivity contribution in [3.8, 4) is 40.7 Å². The summed E-state index contributed by atoms with van der Waals surface area (Å²) >= 11 is 0. The fourth-order valence-corrected chi connectivity index (χ4v) is 2.63. The SMILES string of the molecule is COc1ccc(-c2cc(C#N)ccc2C#Cc2ccc(O)cc2C(F)(F)F)cn1. The number of aromatic hydroxyl groups is 1. The van der Waals surface area contributed by atoms with E-state index in [9.17, 15) is 23.5 Å². The van der Waals surface area contributed by atoms with Crippen molar-refractivity contribution in [1.82, 2.24) is 4.98 Å². The van der Waals surface area contributed by atoms with E-state index in [0.29, 0.717) is 34.2 Å². The molecule has 144 valence electrons. The van der Waals surface area contributed by atoms with Crippen molar-refractivity contribution in [2.75, 3.05) is 7.11 Å². The molecule has 0 saturated heterocycles. The molecule has 0 aliphatic heterocycles. The van der Waals surface area contributed by atoms with Gasteiger partial charge < -0.3 is 9.84 Å². The second-order valence-electron chi connectivity index (χ2n) is 5.94. The van der Waals surface area contributed by atoms with E-state index < -0.39 is 17.5 Å². The highest BCUT2D eigenvalue weighted by molar-refractivity contribution is 5.73. The predicted molar refractivity (Wildman–Crippen MR) is 100 cm³/mol. The van der Waals surface area contributed by atoms with Crippen LogP contribution in [0, 0.1) is 23.2 Å². The van der Waals surface area contributed by atoms with Gasteiger partial charge in [0.2, 0.25) is 5.88 Å². The Kier molecular flexibility index (Phi) is 5.43. The molecule has 0 radical (unpaired) electrons. The smallest absolute Gasteiger partial charge is 0.417 e. The van der Waals surface area contributed by atoms with Crippen LogP contribution in [0.3, 0.4) is 0 Å². The van der Waals surface area contributed by atoms with Gasteiger partial charge >= 0.3 is 6.18 Å². The zero-order valence-electron chi connectivity index (χ0n) is 15.1. The summed E-state index contributed by atoms with van der Waals surface area (Å²) in [7, 11) is 1.48. The number of halogens is 3. The summed E-state index contributed by atoms with van der Waals surface area (Å²) < 4.78 is 44.7. The van der Waals surface area contributed by atoms with Gasteiger partial charge in [-0.1, -0.05) is 11.8 Å². The average molecular weight is 394 g/mol. The van der Waals surface area contributed by atoms with E-state index in [-0.39, 0.29) is 5.56 Å². The molecule has 2 aromatic carbocycles. The maximum atomic E-state index is 13.2. The monoisotopic (exact) mass is 394 g/mol. The Morgan fingerprint density at radius 1 is 1.00 bits per heavy atom. The standard InChI is InChI=1S/C22H13F3N2O2/c1-29-21-9-7-17(13-27-21)19-10-14(12-26)2-3-15(19)4-5-16-6-8-18(28)11-20(16)22(23,24)25/h2-3,6-11,13,28H,1H3. The fraction of sp³-hybridized carbons (Fsp3) is 0.0909. The van der Waals surface area contributed by atoms with Crippen molar-refractivity contribution in [1.29, 1.82) is 5.26 Å². The molecule has 3 rings (SSSR count). The number of aromatic nitrogens is 1. The van der Waals surface area contributed by atoms with Crippen LogP contribution >= 0.6 is 0 Å². The van der Waals surface area contributed by atoms with E-state index >= 15 is 0 Å². The van der Waals surface area contributed by atoms with Crippen LogP contribution in [0.5, 0.6) is 11.6 Å². The molecular weight excluding hydrogens is 381 g/mol. The van der Waals surface area contributed by atoms with Crippen molar-refractivity contribution < 1.29 is 23.0 Å². The fourth-order valence-electron chi connectivity index (χ4n) is 2.63. The molecular formula is C22H13F3N2O2. The molecule has 0 amide bonds. The summed E-state index contributed by atoms with van der Waals surface area (Å²) in [4.78, 5) is 4.11. The van der Waals surface area contributed by atoms with Crippen molar-refractivity contribution >= 4 is 0 Å². The number of hydrogen-bond donors (Lipinski definition) is 1. The Morgan fingerprint density at radius 3 is 2.34 bits per heavy atom. The first kappa shape index (κ1) is 19.8. The topological polar surface area (TPSA) is 66.1 Å². The molecule has 0 fully saturated rings. The minimum Gasteiger partial charge on any atom is -0.508 e. The van der Waals surface area contributed by atoms with Gasteiger partial charge in [-0.25, -0.2) is 4.98 Å². The number of nitrogens with zero attached hydrogens (tertiary/aromatic N) is 2. The molecule has 4 nitrogen and oxygen atoms in total. The van der Waals surface area contributed by atoms with Gasteiger partial charge in [0.25, 0.3) is 0 Å². The van der Waals surface area contributed by atoms with Crippen molar-refractivity contribution in [2.45, 2.75) is 6.18 Å². The molecule has 0 aliphatic carbocycles. The maximum Gasteiger partial charge on any atom is 0.417 e. The van der Waals surface area contributed by atoms with E-state index in [1.54, 1.807) is 24.3 Å². The van der Waals surface area contributed by atoms with Gasteiger partial charge in [-0.15, -0.1) is 0 Å². The summed E-state index contributed by atoms with van der Waals surface area (Å²) in [5.74, 6) is 5.17. The molecule has 29 heavy (non-hydrogen) atoms. The van der Waals surface area contributed by atoms with Crippen LogP contribution in [0.4, 0.5) is 13.2 Å². The van der Waals surface area contributed by atoms with Gasteiger partial charge in [0, 0.05) is 34.5 Å². The number of benzene rings is 2. The molecule has 7 heteroatoms. The highest BCUT2D eigenvalue weighted by Crippen LogP contribution is 2.34. The van der Waals surface area contributed by atoms with Crippen molar-refractivity contribution in [3.63, 3.8) is 0 Å². The highest BCUT2D eigenvalue weighted by Gasteiger charge is 2.33. The molecule has 1 heterocycles. The lowest BCUT2D eigenvalue weighted by Gasteiger charge is -2.09. The molecule has 1 aromatic heterocycles. The van der Waals surface area contributed by atoms with E-state index in [4.69, 9.17) is 4.74 Å². The summed E-state index contributed by atoms with van der Waals surface area (Å²) in [5.41, 5.74) is 0.705. The number of phenolic OH excluding ortho intramolecular Hbond substituents is 1. The molecule has 0 bridgehead atoms. The molecule has 1 N–H and O–H groups in total. The number of rotatable bonds is 2. The molecule has 0 atom stereocenters. The van der Waals surface area contributed by atoms with Crippen LogP contribution in [0.25, 0.3) is 11.1 Å². The number of methoxy groups -OCH3 is 1. The van der Waals surface area contributed by atoms with Crippen molar-refractivity contribution in [3.05, 3.63) is 77.0 Å². The van der Waals surface area contributed by atoms with Crippen LogP contribution in [0.15, 0.2) is 54.7 Å². The zero-order valence-corrected chi connectivity index (χ0v) is 15.1. The number of hydrogen-bond acceptors (Lipinski definition) is 4. The number of nitriles is 1. The first-order valence-electron chi connectivity index (χ1n) is 8.28. The Balaban J connectivity index is 2.12. The molecule has 0 aliphatic rings. The third-order valence-corrected chi connectivity index (χ3v) is 4.05. The second-order valence-corrected chi connectivity index (χ2v) is 5.94. The molecule has 0 spiro atoms. The largest absolute Gasteiger partial charge is 0.508 e. The molecule has 0 unspecified atom stereocenters. The Hall–Kier alpha value is -3.97. The van der Waals surface area contributed by atoms with Crippen LogP contribution in [0.1, 0.15) is 22.3 Å². The van der Waals surface area contributed by atoms with Crippen molar-refractivity contribution in [2.24, 2.45) is 0 Å². The van der Waals surface area contributed by atoms with Gasteiger partial charge in [0.05, 0.1) is 24.3 Å². The van der Waals surface area contributed by atoms with E-state index in [0.717, 1.165) is 12.1 Å². The molecule has 3 aromatic rings. The third kappa shape index (κ3) is 4.48. The Labute approximate surface area is 164 Å². The lowest BCUT2D eigenvalue weighted by atomic mass is 9.98. The summed E-state index contributed by atoms with van der Waals surface area (Å²) in [5, 5.41) is 18.6. The van der Waals surface area contributed by atoms with Gasteiger partial charge in [-0.3, -0.25) is 0 Å². The van der Waals surface area contributed by atoms with Crippen LogP contribution < -0.4 is 4.74 Å². The Bertz CT molecular complexity index is 1150. The van der Waals surface area contributed by atoms with E-state index in [1.807, 2.05) is 6.07 Å². The quantitative estimate of drug-likeness (QED) is 0.637. The minimum atomic E-state index is -4.66. The van der Waals surface area contributed by atoms with Crippen LogP contribution in [-0.4, -0.2) is 17.2 Å². The van der Waals surface area contributed by atoms with Crippen LogP contribution in [0.2, 0.25) is 0 Å². The van der Waals surface area contributed by atoms with Gasteiger partial charge in [0.1, 0.15) is 5.75 Å².